The molecule has 1 fully saturated rings. The van der Waals surface area contributed by atoms with Crippen molar-refractivity contribution >= 4 is 17.5 Å². The van der Waals surface area contributed by atoms with Crippen molar-refractivity contribution in [2.45, 2.75) is 31.7 Å². The number of nitrogens with one attached hydrogen (secondary N) is 2. The summed E-state index contributed by atoms with van der Waals surface area (Å²) in [5.41, 5.74) is 1.98. The molecule has 6 heteroatoms. The first-order valence-electron chi connectivity index (χ1n) is 8.27. The second kappa shape index (κ2) is 8.34. The number of aliphatic hydroxyl groups excluding tert-OH is 1. The minimum atomic E-state index is -0.452. The van der Waals surface area contributed by atoms with E-state index in [4.69, 9.17) is 16.3 Å². The summed E-state index contributed by atoms with van der Waals surface area (Å²) >= 11 is 6.11. The van der Waals surface area contributed by atoms with Crippen LogP contribution in [-0.2, 0) is 17.9 Å². The third-order valence-corrected chi connectivity index (χ3v) is 4.53. The van der Waals surface area contributed by atoms with Crippen LogP contribution in [0.3, 0.4) is 0 Å². The number of rotatable bonds is 6. The van der Waals surface area contributed by atoms with E-state index in [1.54, 1.807) is 6.07 Å². The molecule has 25 heavy (non-hydrogen) atoms. The van der Waals surface area contributed by atoms with Crippen molar-refractivity contribution in [2.24, 2.45) is 0 Å². The fourth-order valence-electron chi connectivity index (χ4n) is 2.81. The van der Waals surface area contributed by atoms with E-state index in [1.165, 1.54) is 0 Å². The summed E-state index contributed by atoms with van der Waals surface area (Å²) in [6.07, 6.45) is -0.00428. The third-order valence-electron chi connectivity index (χ3n) is 4.22. The van der Waals surface area contributed by atoms with E-state index in [0.29, 0.717) is 36.9 Å². The second-order valence-electron chi connectivity index (χ2n) is 6.06. The maximum absolute atomic E-state index is 12.2. The summed E-state index contributed by atoms with van der Waals surface area (Å²) in [7, 11) is 0. The Hall–Kier alpha value is -2.08. The largest absolute Gasteiger partial charge is 0.487 e. The Labute approximate surface area is 152 Å². The van der Waals surface area contributed by atoms with Crippen LogP contribution in [0.15, 0.2) is 48.5 Å². The molecule has 0 aromatic heterocycles. The number of carbonyl (C=O) groups is 1. The molecular weight excluding hydrogens is 340 g/mol. The van der Waals surface area contributed by atoms with Crippen LogP contribution in [0.25, 0.3) is 0 Å². The molecule has 0 saturated carbocycles. The molecule has 0 spiro atoms. The Kier molecular flexibility index (Phi) is 5.91. The summed E-state index contributed by atoms with van der Waals surface area (Å²) in [4.78, 5) is 12.2. The van der Waals surface area contributed by atoms with Gasteiger partial charge in [-0.05, 0) is 29.7 Å². The quantitative estimate of drug-likeness (QED) is 0.739. The number of hydrogen-bond acceptors (Lipinski definition) is 4. The minimum Gasteiger partial charge on any atom is -0.487 e. The van der Waals surface area contributed by atoms with Gasteiger partial charge in [0.15, 0.2) is 0 Å². The van der Waals surface area contributed by atoms with Crippen molar-refractivity contribution < 1.29 is 14.6 Å². The molecule has 5 nitrogen and oxygen atoms in total. The van der Waals surface area contributed by atoms with E-state index < -0.39 is 6.10 Å². The third kappa shape index (κ3) is 4.72. The van der Waals surface area contributed by atoms with Gasteiger partial charge in [-0.25, -0.2) is 0 Å². The normalized spacial score (nSPS) is 19.6. The fraction of sp³-hybridized carbons (Fsp3) is 0.316. The average molecular weight is 361 g/mol. The van der Waals surface area contributed by atoms with Gasteiger partial charge in [-0.2, -0.15) is 0 Å². The highest BCUT2D eigenvalue weighted by molar-refractivity contribution is 6.32. The lowest BCUT2D eigenvalue weighted by Gasteiger charge is -2.14. The van der Waals surface area contributed by atoms with Gasteiger partial charge < -0.3 is 20.5 Å². The molecule has 3 rings (SSSR count). The average Bonchev–Trinajstić information content (AvgIpc) is 3.06. The summed E-state index contributed by atoms with van der Waals surface area (Å²) in [5.74, 6) is 0.533. The lowest BCUT2D eigenvalue weighted by atomic mass is 10.1. The van der Waals surface area contributed by atoms with Gasteiger partial charge in [-0.3, -0.25) is 4.79 Å². The van der Waals surface area contributed by atoms with Gasteiger partial charge in [0, 0.05) is 13.1 Å². The van der Waals surface area contributed by atoms with Crippen LogP contribution in [0.4, 0.5) is 0 Å². The standard InChI is InChI=1S/C19H21ClN2O3/c20-16-7-3-4-8-18(16)25-12-14-6-2-1-5-13(14)10-22-19(24)17-9-15(23)11-21-17/h1-8,15,17,21,23H,9-12H2,(H,22,24)/t15-,17-/m1/s1. The molecule has 1 heterocycles. The van der Waals surface area contributed by atoms with E-state index >= 15 is 0 Å². The van der Waals surface area contributed by atoms with Crippen LogP contribution in [0.2, 0.25) is 5.02 Å². The number of ether oxygens (including phenoxy) is 1. The molecule has 132 valence electrons. The maximum atomic E-state index is 12.2. The highest BCUT2D eigenvalue weighted by Gasteiger charge is 2.27. The van der Waals surface area contributed by atoms with Crippen molar-refractivity contribution in [3.63, 3.8) is 0 Å². The van der Waals surface area contributed by atoms with E-state index in [9.17, 15) is 9.90 Å². The van der Waals surface area contributed by atoms with Crippen LogP contribution in [0.1, 0.15) is 17.5 Å². The summed E-state index contributed by atoms with van der Waals surface area (Å²) in [6, 6.07) is 14.8. The number of para-hydroxylation sites is 1. The zero-order valence-electron chi connectivity index (χ0n) is 13.7. The summed E-state index contributed by atoms with van der Waals surface area (Å²) in [6.45, 7) is 1.24. The van der Waals surface area contributed by atoms with Gasteiger partial charge >= 0.3 is 0 Å². The Morgan fingerprint density at radius 3 is 2.64 bits per heavy atom. The first-order chi connectivity index (χ1) is 12.1. The Morgan fingerprint density at radius 2 is 1.92 bits per heavy atom. The number of hydrogen-bond donors (Lipinski definition) is 3. The Balaban J connectivity index is 1.59. The number of β-amino-alcohol motifs (C(OH)–C–C–N with tert-alkyl or cyclic N) is 1. The molecule has 3 N–H and O–H groups in total. The highest BCUT2D eigenvalue weighted by atomic mass is 35.5. The van der Waals surface area contributed by atoms with E-state index in [0.717, 1.165) is 11.1 Å². The zero-order valence-corrected chi connectivity index (χ0v) is 14.5. The Bertz CT molecular complexity index is 738. The van der Waals surface area contributed by atoms with Gasteiger partial charge in [0.2, 0.25) is 5.91 Å². The highest BCUT2D eigenvalue weighted by Crippen LogP contribution is 2.24. The molecule has 0 bridgehead atoms. The number of halogens is 1. The van der Waals surface area contributed by atoms with Crippen LogP contribution in [-0.4, -0.2) is 29.7 Å². The van der Waals surface area contributed by atoms with Gasteiger partial charge in [0.05, 0.1) is 17.2 Å². The lowest BCUT2D eigenvalue weighted by Crippen LogP contribution is -2.40. The molecule has 1 aliphatic heterocycles. The predicted molar refractivity (Wildman–Crippen MR) is 96.5 cm³/mol. The maximum Gasteiger partial charge on any atom is 0.237 e. The van der Waals surface area contributed by atoms with Crippen LogP contribution in [0.5, 0.6) is 5.75 Å². The molecule has 1 saturated heterocycles. The van der Waals surface area contributed by atoms with E-state index in [-0.39, 0.29) is 11.9 Å². The Morgan fingerprint density at radius 1 is 1.20 bits per heavy atom. The van der Waals surface area contributed by atoms with Crippen molar-refractivity contribution in [3.05, 3.63) is 64.7 Å². The summed E-state index contributed by atoms with van der Waals surface area (Å²) < 4.78 is 5.79. The van der Waals surface area contributed by atoms with Crippen molar-refractivity contribution in [1.82, 2.24) is 10.6 Å². The molecule has 1 amide bonds. The predicted octanol–water partition coefficient (Wildman–Crippen LogP) is 2.26. The molecule has 1 aliphatic rings. The molecular formula is C19H21ClN2O3. The van der Waals surface area contributed by atoms with Crippen molar-refractivity contribution in [1.29, 1.82) is 0 Å². The minimum absolute atomic E-state index is 0.0987. The molecule has 2 atom stereocenters. The van der Waals surface area contributed by atoms with Crippen molar-refractivity contribution in [3.8, 4) is 5.75 Å². The van der Waals surface area contributed by atoms with Gasteiger partial charge in [-0.1, -0.05) is 48.0 Å². The molecule has 2 aromatic rings. The lowest BCUT2D eigenvalue weighted by molar-refractivity contribution is -0.123. The zero-order chi connectivity index (χ0) is 17.6. The fourth-order valence-corrected chi connectivity index (χ4v) is 3.00. The second-order valence-corrected chi connectivity index (χ2v) is 6.46. The van der Waals surface area contributed by atoms with E-state index in [1.807, 2.05) is 42.5 Å². The monoisotopic (exact) mass is 360 g/mol. The SMILES string of the molecule is O=C(NCc1ccccc1COc1ccccc1Cl)[C@H]1C[C@@H](O)CN1. The molecule has 0 radical (unpaired) electrons. The number of carbonyl (C=O) groups excluding carboxylic acids is 1. The molecule has 2 aromatic carbocycles. The van der Waals surface area contributed by atoms with Crippen LogP contribution < -0.4 is 15.4 Å². The van der Waals surface area contributed by atoms with Gasteiger partial charge in [-0.15, -0.1) is 0 Å². The number of aliphatic hydroxyl groups is 1. The summed E-state index contributed by atoms with van der Waals surface area (Å²) in [5, 5.41) is 16.0. The first-order valence-corrected chi connectivity index (χ1v) is 8.64. The topological polar surface area (TPSA) is 70.6 Å². The number of amides is 1. The number of benzene rings is 2. The van der Waals surface area contributed by atoms with Crippen LogP contribution in [0, 0.1) is 0 Å². The van der Waals surface area contributed by atoms with Crippen LogP contribution >= 0.6 is 11.6 Å². The van der Waals surface area contributed by atoms with E-state index in [2.05, 4.69) is 10.6 Å². The molecule has 0 unspecified atom stereocenters. The first kappa shape index (κ1) is 17.7. The molecule has 0 aliphatic carbocycles. The van der Waals surface area contributed by atoms with Gasteiger partial charge in [0.1, 0.15) is 12.4 Å². The van der Waals surface area contributed by atoms with Gasteiger partial charge in [0.25, 0.3) is 0 Å². The smallest absolute Gasteiger partial charge is 0.237 e. The van der Waals surface area contributed by atoms with Crippen molar-refractivity contribution in [2.75, 3.05) is 6.54 Å².